The quantitative estimate of drug-likeness (QED) is 0.526. The van der Waals surface area contributed by atoms with Crippen LogP contribution in [0.3, 0.4) is 0 Å². The van der Waals surface area contributed by atoms with E-state index in [1.165, 1.54) is 0 Å². The molecule has 1 amide bonds. The van der Waals surface area contributed by atoms with E-state index in [4.69, 9.17) is 4.98 Å². The predicted molar refractivity (Wildman–Crippen MR) is 126 cm³/mol. The monoisotopic (exact) mass is 429 g/mol. The Balaban J connectivity index is 1.28. The lowest BCUT2D eigenvalue weighted by atomic mass is 10.1. The Labute approximate surface area is 186 Å². The molecule has 1 aliphatic heterocycles. The van der Waals surface area contributed by atoms with Crippen molar-refractivity contribution in [2.45, 2.75) is 20.3 Å². The van der Waals surface area contributed by atoms with Crippen LogP contribution in [0.5, 0.6) is 0 Å². The molecule has 3 heterocycles. The Hall–Kier alpha value is -3.52. The molecule has 1 N–H and O–H groups in total. The second-order valence-electron chi connectivity index (χ2n) is 8.15. The summed E-state index contributed by atoms with van der Waals surface area (Å²) in [6.07, 6.45) is 0.893. The number of para-hydroxylation sites is 2. The van der Waals surface area contributed by atoms with Gasteiger partial charge in [0.2, 0.25) is 11.9 Å². The van der Waals surface area contributed by atoms with Crippen LogP contribution >= 0.6 is 0 Å². The highest BCUT2D eigenvalue weighted by molar-refractivity contribution is 5.93. The SMILES string of the molecule is CCc1ccccc1NC(=O)CN1CCN(c2nc3ccccc3c3nc(C)nn23)CC1. The van der Waals surface area contributed by atoms with Crippen LogP contribution in [0.4, 0.5) is 11.6 Å². The first-order chi connectivity index (χ1) is 15.6. The van der Waals surface area contributed by atoms with Crippen LogP contribution in [0.1, 0.15) is 18.3 Å². The van der Waals surface area contributed by atoms with Gasteiger partial charge in [-0.25, -0.2) is 9.97 Å². The normalized spacial score (nSPS) is 14.9. The summed E-state index contributed by atoms with van der Waals surface area (Å²) in [5.74, 6) is 1.56. The average molecular weight is 430 g/mol. The van der Waals surface area contributed by atoms with Crippen LogP contribution in [0.25, 0.3) is 16.6 Å². The van der Waals surface area contributed by atoms with Gasteiger partial charge in [0.15, 0.2) is 5.65 Å². The largest absolute Gasteiger partial charge is 0.338 e. The van der Waals surface area contributed by atoms with E-state index >= 15 is 0 Å². The summed E-state index contributed by atoms with van der Waals surface area (Å²) < 4.78 is 1.85. The molecular weight excluding hydrogens is 402 g/mol. The van der Waals surface area contributed by atoms with Gasteiger partial charge in [-0.15, -0.1) is 5.10 Å². The third kappa shape index (κ3) is 3.89. The van der Waals surface area contributed by atoms with Gasteiger partial charge in [-0.1, -0.05) is 37.3 Å². The summed E-state index contributed by atoms with van der Waals surface area (Å²) in [7, 11) is 0. The molecular formula is C24H27N7O. The smallest absolute Gasteiger partial charge is 0.238 e. The fourth-order valence-corrected chi connectivity index (χ4v) is 4.30. The molecule has 1 aliphatic rings. The number of carbonyl (C=O) groups is 1. The first-order valence-electron chi connectivity index (χ1n) is 11.1. The van der Waals surface area contributed by atoms with Gasteiger partial charge in [-0.05, 0) is 37.1 Å². The van der Waals surface area contributed by atoms with E-state index in [1.807, 2.05) is 53.9 Å². The number of hydrogen-bond acceptors (Lipinski definition) is 6. The number of benzene rings is 2. The van der Waals surface area contributed by atoms with Crippen molar-refractivity contribution in [1.29, 1.82) is 0 Å². The van der Waals surface area contributed by atoms with Crippen molar-refractivity contribution in [3.63, 3.8) is 0 Å². The number of anilines is 2. The Kier molecular flexibility index (Phi) is 5.45. The minimum Gasteiger partial charge on any atom is -0.338 e. The Morgan fingerprint density at radius 3 is 2.56 bits per heavy atom. The Morgan fingerprint density at radius 2 is 1.75 bits per heavy atom. The van der Waals surface area contributed by atoms with Gasteiger partial charge < -0.3 is 10.2 Å². The summed E-state index contributed by atoms with van der Waals surface area (Å²) >= 11 is 0. The fraction of sp³-hybridized carbons (Fsp3) is 0.333. The molecule has 2 aromatic heterocycles. The van der Waals surface area contributed by atoms with Crippen LogP contribution in [-0.2, 0) is 11.2 Å². The first-order valence-corrected chi connectivity index (χ1v) is 11.1. The number of nitrogens with zero attached hydrogens (tertiary/aromatic N) is 6. The van der Waals surface area contributed by atoms with Gasteiger partial charge >= 0.3 is 0 Å². The zero-order chi connectivity index (χ0) is 22.1. The predicted octanol–water partition coefficient (Wildman–Crippen LogP) is 2.91. The lowest BCUT2D eigenvalue weighted by molar-refractivity contribution is -0.117. The maximum Gasteiger partial charge on any atom is 0.238 e. The van der Waals surface area contributed by atoms with Crippen molar-refractivity contribution in [2.75, 3.05) is 42.9 Å². The van der Waals surface area contributed by atoms with Crippen molar-refractivity contribution in [2.24, 2.45) is 0 Å². The zero-order valence-electron chi connectivity index (χ0n) is 18.5. The van der Waals surface area contributed by atoms with Crippen molar-refractivity contribution in [1.82, 2.24) is 24.5 Å². The van der Waals surface area contributed by atoms with Crippen LogP contribution in [-0.4, -0.2) is 63.1 Å². The van der Waals surface area contributed by atoms with Crippen molar-refractivity contribution in [3.8, 4) is 0 Å². The van der Waals surface area contributed by atoms with Crippen LogP contribution < -0.4 is 10.2 Å². The number of nitrogens with one attached hydrogen (secondary N) is 1. The molecule has 0 aliphatic carbocycles. The molecule has 0 bridgehead atoms. The molecule has 0 saturated carbocycles. The third-order valence-corrected chi connectivity index (χ3v) is 5.96. The molecule has 32 heavy (non-hydrogen) atoms. The molecule has 4 aromatic rings. The van der Waals surface area contributed by atoms with E-state index in [1.54, 1.807) is 0 Å². The molecule has 8 heteroatoms. The average Bonchev–Trinajstić information content (AvgIpc) is 3.21. The first kappa shape index (κ1) is 20.4. The van der Waals surface area contributed by atoms with Crippen LogP contribution in [0, 0.1) is 6.92 Å². The van der Waals surface area contributed by atoms with Gasteiger partial charge in [0.1, 0.15) is 5.82 Å². The molecule has 164 valence electrons. The summed E-state index contributed by atoms with van der Waals surface area (Å²) in [6, 6.07) is 16.0. The number of hydrogen-bond donors (Lipinski definition) is 1. The number of aromatic nitrogens is 4. The minimum atomic E-state index is 0.0254. The van der Waals surface area contributed by atoms with E-state index < -0.39 is 0 Å². The van der Waals surface area contributed by atoms with Crippen LogP contribution in [0.15, 0.2) is 48.5 Å². The molecule has 8 nitrogen and oxygen atoms in total. The number of piperazine rings is 1. The fourth-order valence-electron chi connectivity index (χ4n) is 4.30. The lowest BCUT2D eigenvalue weighted by Crippen LogP contribution is -2.49. The van der Waals surface area contributed by atoms with E-state index in [0.29, 0.717) is 6.54 Å². The maximum absolute atomic E-state index is 12.6. The minimum absolute atomic E-state index is 0.0254. The Bertz CT molecular complexity index is 1270. The zero-order valence-corrected chi connectivity index (χ0v) is 18.5. The molecule has 2 aromatic carbocycles. The van der Waals surface area contributed by atoms with Crippen molar-refractivity contribution in [3.05, 3.63) is 59.9 Å². The second kappa shape index (κ2) is 8.55. The van der Waals surface area contributed by atoms with Gasteiger partial charge in [0, 0.05) is 37.3 Å². The summed E-state index contributed by atoms with van der Waals surface area (Å²) in [5, 5.41) is 8.66. The second-order valence-corrected chi connectivity index (χ2v) is 8.15. The van der Waals surface area contributed by atoms with Gasteiger partial charge in [0.05, 0.1) is 12.1 Å². The highest BCUT2D eigenvalue weighted by Crippen LogP contribution is 2.23. The van der Waals surface area contributed by atoms with Crippen molar-refractivity contribution >= 4 is 34.1 Å². The van der Waals surface area contributed by atoms with E-state index in [9.17, 15) is 4.79 Å². The number of fused-ring (bicyclic) bond motifs is 3. The standard InChI is InChI=1S/C24H27N7O/c1-3-18-8-4-6-10-20(18)26-22(32)16-29-12-14-30(15-13-29)24-27-21-11-7-5-9-19(21)23-25-17(2)28-31(23)24/h4-11H,3,12-16H2,1-2H3,(H,26,32). The molecule has 0 atom stereocenters. The molecule has 0 unspecified atom stereocenters. The number of rotatable bonds is 5. The Morgan fingerprint density at radius 1 is 1.00 bits per heavy atom. The molecule has 0 radical (unpaired) electrons. The van der Waals surface area contributed by atoms with E-state index in [-0.39, 0.29) is 5.91 Å². The molecule has 1 fully saturated rings. The lowest BCUT2D eigenvalue weighted by Gasteiger charge is -2.34. The number of amides is 1. The van der Waals surface area contributed by atoms with Crippen molar-refractivity contribution < 1.29 is 4.79 Å². The topological polar surface area (TPSA) is 78.7 Å². The maximum atomic E-state index is 12.6. The summed E-state index contributed by atoms with van der Waals surface area (Å²) in [5.41, 5.74) is 3.81. The highest BCUT2D eigenvalue weighted by atomic mass is 16.2. The molecule has 0 spiro atoms. The highest BCUT2D eigenvalue weighted by Gasteiger charge is 2.23. The van der Waals surface area contributed by atoms with Gasteiger partial charge in [-0.3, -0.25) is 9.69 Å². The molecule has 1 saturated heterocycles. The number of carbonyl (C=O) groups excluding carboxylic acids is 1. The summed E-state index contributed by atoms with van der Waals surface area (Å²) in [4.78, 5) is 26.6. The summed E-state index contributed by atoms with van der Waals surface area (Å²) in [6.45, 7) is 7.50. The third-order valence-electron chi connectivity index (χ3n) is 5.96. The van der Waals surface area contributed by atoms with Crippen LogP contribution in [0.2, 0.25) is 0 Å². The van der Waals surface area contributed by atoms with Gasteiger partial charge in [0.25, 0.3) is 0 Å². The van der Waals surface area contributed by atoms with E-state index in [0.717, 1.165) is 72.2 Å². The number of aryl methyl sites for hydroxylation is 2. The van der Waals surface area contributed by atoms with E-state index in [2.05, 4.69) is 38.2 Å². The molecule has 5 rings (SSSR count). The van der Waals surface area contributed by atoms with Gasteiger partial charge in [-0.2, -0.15) is 4.52 Å².